The van der Waals surface area contributed by atoms with Gasteiger partial charge in [0.1, 0.15) is 19.8 Å². The Morgan fingerprint density at radius 2 is 0.750 bits per heavy atom. The van der Waals surface area contributed by atoms with E-state index in [4.69, 9.17) is 18.5 Å². The zero-order valence-corrected chi connectivity index (χ0v) is 50.1. The summed E-state index contributed by atoms with van der Waals surface area (Å²) in [5.74, 6) is -0.829. The summed E-state index contributed by atoms with van der Waals surface area (Å²) in [6, 6.07) is 0. The number of quaternary nitrogens is 1. The van der Waals surface area contributed by atoms with Gasteiger partial charge < -0.3 is 18.9 Å². The summed E-state index contributed by atoms with van der Waals surface area (Å²) in [5.41, 5.74) is 0. The van der Waals surface area contributed by atoms with Crippen molar-refractivity contribution in [3.63, 3.8) is 0 Å². The van der Waals surface area contributed by atoms with Gasteiger partial charge in [0.15, 0.2) is 6.10 Å². The Balaban J connectivity index is 4.23. The van der Waals surface area contributed by atoms with Crippen molar-refractivity contribution in [1.29, 1.82) is 0 Å². The first-order valence-electron chi connectivity index (χ1n) is 30.3. The van der Waals surface area contributed by atoms with Crippen LogP contribution in [0.4, 0.5) is 0 Å². The number of hydrogen-bond donors (Lipinski definition) is 1. The third-order valence-corrected chi connectivity index (χ3v) is 13.5. The molecule has 2 atom stereocenters. The fourth-order valence-corrected chi connectivity index (χ4v) is 8.61. The molecule has 0 bridgehead atoms. The Kier molecular flexibility index (Phi) is 53.5. The molecule has 1 N–H and O–H groups in total. The zero-order chi connectivity index (χ0) is 55.6. The van der Waals surface area contributed by atoms with E-state index in [1.54, 1.807) is 0 Å². The Morgan fingerprint density at radius 1 is 0.421 bits per heavy atom. The molecule has 9 nitrogen and oxygen atoms in total. The number of esters is 2. The molecule has 0 heterocycles. The van der Waals surface area contributed by atoms with E-state index < -0.39 is 26.5 Å². The van der Waals surface area contributed by atoms with Gasteiger partial charge in [0.25, 0.3) is 0 Å². The molecule has 0 radical (unpaired) electrons. The van der Waals surface area contributed by atoms with Crippen molar-refractivity contribution < 1.29 is 42.1 Å². The standard InChI is InChI=1S/C66H112NO8P/c1-6-8-10-12-14-16-18-20-22-24-25-26-27-28-29-30-31-32-33-34-35-36-37-38-39-40-41-43-45-47-49-51-53-55-57-59-66(69)75-64(63-74-76(70,71)73-61-60-67(3,4)5)62-72-65(68)58-56-54-52-50-48-46-44-42-23-21-19-17-15-13-11-9-7-2/h8,10,14,16,20,22,25-26,28-29,31-32,34-35,37-38,40-41,45,47,64H,6-7,9,11-13,15,17-19,21,23-24,27,30,33,36,39,42-44,46,48-63H2,1-5H3/p+1/b10-8-,16-14-,22-20-,26-25-,29-28-,32-31-,35-34-,38-37-,41-40-,47-45-. The molecule has 0 aliphatic heterocycles. The van der Waals surface area contributed by atoms with Crippen LogP contribution in [0.5, 0.6) is 0 Å². The van der Waals surface area contributed by atoms with Crippen molar-refractivity contribution in [2.24, 2.45) is 0 Å². The lowest BCUT2D eigenvalue weighted by Crippen LogP contribution is -2.37. The van der Waals surface area contributed by atoms with Crippen LogP contribution in [0.2, 0.25) is 0 Å². The van der Waals surface area contributed by atoms with Gasteiger partial charge in [-0.3, -0.25) is 18.6 Å². The first-order valence-corrected chi connectivity index (χ1v) is 31.8. The lowest BCUT2D eigenvalue weighted by Gasteiger charge is -2.24. The molecule has 0 aromatic carbocycles. The van der Waals surface area contributed by atoms with Crippen LogP contribution < -0.4 is 0 Å². The van der Waals surface area contributed by atoms with E-state index in [-0.39, 0.29) is 32.0 Å². The second kappa shape index (κ2) is 56.1. The van der Waals surface area contributed by atoms with Crippen molar-refractivity contribution in [2.75, 3.05) is 47.5 Å². The van der Waals surface area contributed by atoms with Crippen molar-refractivity contribution in [2.45, 2.75) is 238 Å². The molecule has 0 amide bonds. The smallest absolute Gasteiger partial charge is 0.462 e. The molecule has 0 saturated carbocycles. The number of nitrogens with zero attached hydrogens (tertiary/aromatic N) is 1. The zero-order valence-electron chi connectivity index (χ0n) is 49.2. The number of carbonyl (C=O) groups is 2. The van der Waals surface area contributed by atoms with Crippen LogP contribution in [0.3, 0.4) is 0 Å². The van der Waals surface area contributed by atoms with E-state index in [9.17, 15) is 19.0 Å². The molecular weight excluding hydrogens is 966 g/mol. The summed E-state index contributed by atoms with van der Waals surface area (Å²) in [6.07, 6.45) is 79.8. The van der Waals surface area contributed by atoms with Crippen LogP contribution in [0.1, 0.15) is 232 Å². The third kappa shape index (κ3) is 59.7. The number of rotatable bonds is 54. The molecule has 0 spiro atoms. The van der Waals surface area contributed by atoms with E-state index >= 15 is 0 Å². The van der Waals surface area contributed by atoms with Gasteiger partial charge in [-0.05, 0) is 89.9 Å². The van der Waals surface area contributed by atoms with E-state index in [2.05, 4.69) is 135 Å². The number of unbranched alkanes of at least 4 members (excludes halogenated alkanes) is 20. The molecule has 2 unspecified atom stereocenters. The summed E-state index contributed by atoms with van der Waals surface area (Å²) in [7, 11) is 1.45. The molecular formula is C66H113NO8P+. The topological polar surface area (TPSA) is 108 Å². The molecule has 76 heavy (non-hydrogen) atoms. The van der Waals surface area contributed by atoms with E-state index in [0.717, 1.165) is 109 Å². The number of hydrogen-bond acceptors (Lipinski definition) is 7. The van der Waals surface area contributed by atoms with Crippen LogP contribution in [-0.4, -0.2) is 74.9 Å². The molecule has 0 aliphatic rings. The van der Waals surface area contributed by atoms with Crippen molar-refractivity contribution in [3.8, 4) is 0 Å². The fourth-order valence-electron chi connectivity index (χ4n) is 7.87. The Morgan fingerprint density at radius 3 is 1.12 bits per heavy atom. The highest BCUT2D eigenvalue weighted by atomic mass is 31.2. The predicted molar refractivity (Wildman–Crippen MR) is 325 cm³/mol. The van der Waals surface area contributed by atoms with Gasteiger partial charge in [0.05, 0.1) is 27.7 Å². The highest BCUT2D eigenvalue weighted by Gasteiger charge is 2.27. The Labute approximate surface area is 467 Å². The monoisotopic (exact) mass is 1080 g/mol. The van der Waals surface area contributed by atoms with Gasteiger partial charge in [0.2, 0.25) is 0 Å². The van der Waals surface area contributed by atoms with Crippen molar-refractivity contribution in [1.82, 2.24) is 0 Å². The molecule has 0 fully saturated rings. The Hall–Kier alpha value is -3.59. The third-order valence-electron chi connectivity index (χ3n) is 12.5. The second-order valence-corrected chi connectivity index (χ2v) is 22.5. The number of allylic oxidation sites excluding steroid dienone is 20. The highest BCUT2D eigenvalue weighted by Crippen LogP contribution is 2.43. The summed E-state index contributed by atoms with van der Waals surface area (Å²) < 4.78 is 34.5. The minimum absolute atomic E-state index is 0.0214. The number of carbonyl (C=O) groups excluding carboxylic acids is 2. The largest absolute Gasteiger partial charge is 0.472 e. The van der Waals surface area contributed by atoms with Crippen LogP contribution in [-0.2, 0) is 32.7 Å². The molecule has 434 valence electrons. The van der Waals surface area contributed by atoms with Crippen molar-refractivity contribution >= 4 is 19.8 Å². The van der Waals surface area contributed by atoms with Gasteiger partial charge in [-0.25, -0.2) is 4.57 Å². The molecule has 10 heteroatoms. The van der Waals surface area contributed by atoms with Gasteiger partial charge in [0, 0.05) is 12.8 Å². The van der Waals surface area contributed by atoms with Crippen LogP contribution in [0, 0.1) is 0 Å². The van der Waals surface area contributed by atoms with E-state index in [0.29, 0.717) is 17.4 Å². The van der Waals surface area contributed by atoms with E-state index in [1.165, 1.54) is 89.9 Å². The Bertz CT molecular complexity index is 1700. The maximum absolute atomic E-state index is 12.8. The van der Waals surface area contributed by atoms with Crippen LogP contribution in [0.15, 0.2) is 122 Å². The lowest BCUT2D eigenvalue weighted by molar-refractivity contribution is -0.870. The van der Waals surface area contributed by atoms with Gasteiger partial charge in [-0.15, -0.1) is 0 Å². The van der Waals surface area contributed by atoms with Gasteiger partial charge in [-0.2, -0.15) is 0 Å². The van der Waals surface area contributed by atoms with Crippen molar-refractivity contribution in [3.05, 3.63) is 122 Å². The predicted octanol–water partition coefficient (Wildman–Crippen LogP) is 19.1. The molecule has 0 rings (SSSR count). The summed E-state index contributed by atoms with van der Waals surface area (Å²) in [6.45, 7) is 4.29. The van der Waals surface area contributed by atoms with Crippen LogP contribution >= 0.6 is 7.82 Å². The maximum atomic E-state index is 12.8. The minimum Gasteiger partial charge on any atom is -0.462 e. The quantitative estimate of drug-likeness (QED) is 0.0211. The molecule has 0 aromatic heterocycles. The first-order chi connectivity index (χ1) is 37.0. The number of likely N-dealkylation sites (N-methyl/N-ethyl adjacent to an activating group) is 1. The van der Waals surface area contributed by atoms with Gasteiger partial charge in [-0.1, -0.05) is 251 Å². The minimum atomic E-state index is -4.40. The number of ether oxygens (including phenoxy) is 2. The first kappa shape index (κ1) is 72.4. The summed E-state index contributed by atoms with van der Waals surface area (Å²) in [4.78, 5) is 35.7. The lowest BCUT2D eigenvalue weighted by atomic mass is 10.0. The average Bonchev–Trinajstić information content (AvgIpc) is 3.38. The fraction of sp³-hybridized carbons (Fsp3) is 0.667. The normalized spacial score (nSPS) is 14.1. The maximum Gasteiger partial charge on any atom is 0.472 e. The second-order valence-electron chi connectivity index (χ2n) is 21.0. The van der Waals surface area contributed by atoms with E-state index in [1.807, 2.05) is 21.1 Å². The van der Waals surface area contributed by atoms with Gasteiger partial charge >= 0.3 is 19.8 Å². The molecule has 0 aliphatic carbocycles. The van der Waals surface area contributed by atoms with Crippen LogP contribution in [0.25, 0.3) is 0 Å². The number of phosphoric acid groups is 1. The SMILES string of the molecule is CC/C=C\C/C=C\C/C=C\C/C=C\C/C=C\C/C=C\C/C=C\C/C=C\C/C=C\C/C=C\CCCCCCC(=O)OC(COC(=O)CCCCCCCCCCCCCCCCCCC)COP(=O)(O)OCC[N+](C)(C)C. The highest BCUT2D eigenvalue weighted by molar-refractivity contribution is 7.47. The molecule has 0 aromatic rings. The summed E-state index contributed by atoms with van der Waals surface area (Å²) >= 11 is 0. The average molecular weight is 1080 g/mol. The summed E-state index contributed by atoms with van der Waals surface area (Å²) in [5, 5.41) is 0. The molecule has 0 saturated heterocycles. The number of phosphoric ester groups is 1.